The van der Waals surface area contributed by atoms with E-state index < -0.39 is 10.0 Å². The molecule has 23 heavy (non-hydrogen) atoms. The third kappa shape index (κ3) is 3.24. The van der Waals surface area contributed by atoms with Gasteiger partial charge >= 0.3 is 0 Å². The standard InChI is InChI=1S/C15H24N2O5S/c1-10-11(2)17(7-6-16-10)23(18,19)15-13(21-4)8-12(20-3)9-14(15)22-5/h8-11,16H,6-7H2,1-5H3. The van der Waals surface area contributed by atoms with Gasteiger partial charge in [-0.05, 0) is 13.8 Å². The molecule has 0 spiro atoms. The van der Waals surface area contributed by atoms with Crippen LogP contribution < -0.4 is 19.5 Å². The molecule has 2 unspecified atom stereocenters. The average molecular weight is 344 g/mol. The van der Waals surface area contributed by atoms with Gasteiger partial charge < -0.3 is 19.5 Å². The normalized spacial score (nSPS) is 22.7. The maximum atomic E-state index is 13.2. The second-order valence-electron chi connectivity index (χ2n) is 5.46. The van der Waals surface area contributed by atoms with E-state index in [1.54, 1.807) is 12.1 Å². The summed E-state index contributed by atoms with van der Waals surface area (Å²) in [6.45, 7) is 4.85. The molecule has 0 radical (unpaired) electrons. The van der Waals surface area contributed by atoms with Crippen molar-refractivity contribution < 1.29 is 22.6 Å². The lowest BCUT2D eigenvalue weighted by molar-refractivity contribution is 0.231. The molecule has 2 atom stereocenters. The summed E-state index contributed by atoms with van der Waals surface area (Å²) in [5.74, 6) is 0.888. The number of nitrogens with one attached hydrogen (secondary N) is 1. The number of hydrogen-bond acceptors (Lipinski definition) is 6. The van der Waals surface area contributed by atoms with E-state index in [1.165, 1.54) is 25.6 Å². The number of benzene rings is 1. The Morgan fingerprint density at radius 2 is 1.65 bits per heavy atom. The van der Waals surface area contributed by atoms with Crippen LogP contribution in [0.2, 0.25) is 0 Å². The minimum atomic E-state index is -3.77. The van der Waals surface area contributed by atoms with Gasteiger partial charge in [-0.25, -0.2) is 8.42 Å². The molecular formula is C15H24N2O5S. The van der Waals surface area contributed by atoms with Crippen LogP contribution in [-0.4, -0.2) is 59.2 Å². The van der Waals surface area contributed by atoms with Crippen LogP contribution in [0.25, 0.3) is 0 Å². The minimum Gasteiger partial charge on any atom is -0.496 e. The van der Waals surface area contributed by atoms with Crippen molar-refractivity contribution in [1.29, 1.82) is 0 Å². The maximum Gasteiger partial charge on any atom is 0.250 e. The third-order valence-electron chi connectivity index (χ3n) is 4.21. The van der Waals surface area contributed by atoms with Gasteiger partial charge in [0.2, 0.25) is 0 Å². The third-order valence-corrected chi connectivity index (χ3v) is 6.26. The molecule has 2 rings (SSSR count). The highest BCUT2D eigenvalue weighted by molar-refractivity contribution is 7.89. The van der Waals surface area contributed by atoms with Gasteiger partial charge in [0.05, 0.1) is 21.3 Å². The van der Waals surface area contributed by atoms with Gasteiger partial charge in [-0.15, -0.1) is 0 Å². The first kappa shape index (κ1) is 17.8. The molecule has 1 fully saturated rings. The van der Waals surface area contributed by atoms with Crippen molar-refractivity contribution in [3.63, 3.8) is 0 Å². The highest BCUT2D eigenvalue weighted by Crippen LogP contribution is 2.40. The zero-order valence-electron chi connectivity index (χ0n) is 14.1. The van der Waals surface area contributed by atoms with Crippen molar-refractivity contribution in [2.24, 2.45) is 0 Å². The lowest BCUT2D eigenvalue weighted by Crippen LogP contribution is -2.57. The first-order chi connectivity index (χ1) is 10.9. The first-order valence-corrected chi connectivity index (χ1v) is 8.86. The topological polar surface area (TPSA) is 77.1 Å². The zero-order chi connectivity index (χ0) is 17.2. The molecule has 0 aromatic heterocycles. The summed E-state index contributed by atoms with van der Waals surface area (Å²) in [5, 5.41) is 3.27. The Morgan fingerprint density at radius 3 is 2.13 bits per heavy atom. The summed E-state index contributed by atoms with van der Waals surface area (Å²) >= 11 is 0. The number of piperazine rings is 1. The van der Waals surface area contributed by atoms with Gasteiger partial charge in [0.1, 0.15) is 17.2 Å². The van der Waals surface area contributed by atoms with Crippen LogP contribution in [0.5, 0.6) is 17.2 Å². The van der Waals surface area contributed by atoms with Crippen LogP contribution in [0.15, 0.2) is 17.0 Å². The molecule has 0 saturated carbocycles. The molecule has 1 aliphatic heterocycles. The van der Waals surface area contributed by atoms with Crippen LogP contribution in [0.3, 0.4) is 0 Å². The quantitative estimate of drug-likeness (QED) is 0.861. The summed E-state index contributed by atoms with van der Waals surface area (Å²) < 4.78 is 43.6. The molecule has 0 bridgehead atoms. The lowest BCUT2D eigenvalue weighted by Gasteiger charge is -2.37. The van der Waals surface area contributed by atoms with Crippen molar-refractivity contribution in [3.8, 4) is 17.2 Å². The summed E-state index contributed by atoms with van der Waals surface area (Å²) in [6, 6.07) is 2.98. The molecule has 1 aliphatic rings. The second kappa shape index (κ2) is 6.94. The molecule has 0 aliphatic carbocycles. The molecule has 8 heteroatoms. The summed E-state index contributed by atoms with van der Waals surface area (Å²) in [5.41, 5.74) is 0. The summed E-state index contributed by atoms with van der Waals surface area (Å²) in [6.07, 6.45) is 0. The molecule has 1 heterocycles. The molecule has 0 amide bonds. The Labute approximate surface area is 137 Å². The summed E-state index contributed by atoms with van der Waals surface area (Å²) in [4.78, 5) is 0.0317. The molecular weight excluding hydrogens is 320 g/mol. The molecule has 1 saturated heterocycles. The predicted molar refractivity (Wildman–Crippen MR) is 86.9 cm³/mol. The van der Waals surface area contributed by atoms with Crippen molar-refractivity contribution in [2.45, 2.75) is 30.8 Å². The average Bonchev–Trinajstić information content (AvgIpc) is 2.55. The molecule has 1 N–H and O–H groups in total. The van der Waals surface area contributed by atoms with Crippen molar-refractivity contribution in [3.05, 3.63) is 12.1 Å². The molecule has 7 nitrogen and oxygen atoms in total. The van der Waals surface area contributed by atoms with Crippen LogP contribution in [0.4, 0.5) is 0 Å². The van der Waals surface area contributed by atoms with Crippen molar-refractivity contribution >= 4 is 10.0 Å². The molecule has 130 valence electrons. The minimum absolute atomic E-state index is 0.0317. The van der Waals surface area contributed by atoms with Crippen LogP contribution in [0, 0.1) is 0 Å². The lowest BCUT2D eigenvalue weighted by atomic mass is 10.1. The van der Waals surface area contributed by atoms with E-state index in [9.17, 15) is 8.42 Å². The molecule has 1 aromatic rings. The predicted octanol–water partition coefficient (Wildman–Crippen LogP) is 1.08. The summed E-state index contributed by atoms with van der Waals surface area (Å²) in [7, 11) is 0.591. The Bertz CT molecular complexity index is 637. The van der Waals surface area contributed by atoms with Gasteiger partial charge in [-0.3, -0.25) is 0 Å². The SMILES string of the molecule is COc1cc(OC)c(S(=O)(=O)N2CCNC(C)C2C)c(OC)c1. The fraction of sp³-hybridized carbons (Fsp3) is 0.600. The van der Waals surface area contributed by atoms with E-state index in [4.69, 9.17) is 14.2 Å². The number of rotatable bonds is 5. The van der Waals surface area contributed by atoms with E-state index in [1.807, 2.05) is 13.8 Å². The van der Waals surface area contributed by atoms with Gasteiger partial charge in [-0.2, -0.15) is 4.31 Å². The van der Waals surface area contributed by atoms with E-state index in [0.29, 0.717) is 18.8 Å². The van der Waals surface area contributed by atoms with Crippen LogP contribution in [-0.2, 0) is 10.0 Å². The van der Waals surface area contributed by atoms with Gasteiger partial charge in [0, 0.05) is 37.3 Å². The Balaban J connectivity index is 2.59. The van der Waals surface area contributed by atoms with Crippen LogP contribution in [0.1, 0.15) is 13.8 Å². The van der Waals surface area contributed by atoms with Crippen LogP contribution >= 0.6 is 0 Å². The van der Waals surface area contributed by atoms with Gasteiger partial charge in [-0.1, -0.05) is 0 Å². The Hall–Kier alpha value is -1.51. The fourth-order valence-electron chi connectivity index (χ4n) is 2.71. The molecule has 1 aromatic carbocycles. The number of sulfonamides is 1. The highest BCUT2D eigenvalue weighted by Gasteiger charge is 2.38. The fourth-order valence-corrected chi connectivity index (χ4v) is 4.69. The Morgan fingerprint density at radius 1 is 1.09 bits per heavy atom. The second-order valence-corrected chi connectivity index (χ2v) is 7.29. The number of methoxy groups -OCH3 is 3. The highest BCUT2D eigenvalue weighted by atomic mass is 32.2. The zero-order valence-corrected chi connectivity index (χ0v) is 14.9. The number of hydrogen-bond donors (Lipinski definition) is 1. The van der Waals surface area contributed by atoms with Crippen molar-refractivity contribution in [1.82, 2.24) is 9.62 Å². The monoisotopic (exact) mass is 344 g/mol. The van der Waals surface area contributed by atoms with Gasteiger partial charge in [0.15, 0.2) is 4.90 Å². The number of ether oxygens (including phenoxy) is 3. The van der Waals surface area contributed by atoms with Gasteiger partial charge in [0.25, 0.3) is 10.0 Å². The smallest absolute Gasteiger partial charge is 0.250 e. The van der Waals surface area contributed by atoms with E-state index in [-0.39, 0.29) is 28.5 Å². The number of nitrogens with zero attached hydrogens (tertiary/aromatic N) is 1. The van der Waals surface area contributed by atoms with E-state index in [2.05, 4.69) is 5.32 Å². The first-order valence-electron chi connectivity index (χ1n) is 7.42. The van der Waals surface area contributed by atoms with E-state index >= 15 is 0 Å². The largest absolute Gasteiger partial charge is 0.496 e. The van der Waals surface area contributed by atoms with Crippen molar-refractivity contribution in [2.75, 3.05) is 34.4 Å². The van der Waals surface area contributed by atoms with E-state index in [0.717, 1.165) is 0 Å². The Kier molecular flexibility index (Phi) is 5.38. The maximum absolute atomic E-state index is 13.2.